The summed E-state index contributed by atoms with van der Waals surface area (Å²) in [6.07, 6.45) is 0.908. The van der Waals surface area contributed by atoms with E-state index in [9.17, 15) is 4.79 Å². The Bertz CT molecular complexity index is 672. The predicted molar refractivity (Wildman–Crippen MR) is 86.7 cm³/mol. The van der Waals surface area contributed by atoms with Crippen molar-refractivity contribution in [3.63, 3.8) is 0 Å². The molecule has 0 saturated carbocycles. The van der Waals surface area contributed by atoms with Crippen LogP contribution in [0.3, 0.4) is 0 Å². The molecule has 7 heteroatoms. The third kappa shape index (κ3) is 2.75. The van der Waals surface area contributed by atoms with Crippen LogP contribution in [0.15, 0.2) is 28.6 Å². The summed E-state index contributed by atoms with van der Waals surface area (Å²) in [6.45, 7) is 3.98. The molecule has 21 heavy (non-hydrogen) atoms. The Balaban J connectivity index is 1.78. The van der Waals surface area contributed by atoms with Crippen molar-refractivity contribution in [2.75, 3.05) is 10.6 Å². The monoisotopic (exact) mass is 320 g/mol. The second-order valence-electron chi connectivity index (χ2n) is 5.06. The van der Waals surface area contributed by atoms with Gasteiger partial charge in [0, 0.05) is 11.7 Å². The standard InChI is InChI=1S/C14H16N4OS2/c1-8-7-10-5-3-4-6-11(10)18(8)12(19)9(2)20-14-17-16-13(15)21-14/h3-6,8-9H,7H2,1-2H3,(H2,15,16)/t8-,9+/m1/s1. The van der Waals surface area contributed by atoms with Crippen molar-refractivity contribution in [1.82, 2.24) is 10.2 Å². The fourth-order valence-corrected chi connectivity index (χ4v) is 4.40. The maximum atomic E-state index is 12.8. The van der Waals surface area contributed by atoms with Gasteiger partial charge in [0.25, 0.3) is 0 Å². The first-order valence-electron chi connectivity index (χ1n) is 6.73. The van der Waals surface area contributed by atoms with Crippen LogP contribution in [0.2, 0.25) is 0 Å². The molecule has 2 heterocycles. The first-order chi connectivity index (χ1) is 10.1. The number of hydrogen-bond acceptors (Lipinski definition) is 6. The lowest BCUT2D eigenvalue weighted by molar-refractivity contribution is -0.118. The third-order valence-electron chi connectivity index (χ3n) is 3.49. The molecule has 0 spiro atoms. The Morgan fingerprint density at radius 2 is 2.24 bits per heavy atom. The molecule has 1 amide bonds. The van der Waals surface area contributed by atoms with Crippen LogP contribution in [0.1, 0.15) is 19.4 Å². The minimum absolute atomic E-state index is 0.103. The molecule has 3 rings (SSSR count). The maximum Gasteiger partial charge on any atom is 0.240 e. The lowest BCUT2D eigenvalue weighted by atomic mass is 10.1. The fraction of sp³-hybridized carbons (Fsp3) is 0.357. The van der Waals surface area contributed by atoms with E-state index in [-0.39, 0.29) is 17.2 Å². The lowest BCUT2D eigenvalue weighted by Crippen LogP contribution is -2.40. The van der Waals surface area contributed by atoms with Crippen LogP contribution in [0.5, 0.6) is 0 Å². The van der Waals surface area contributed by atoms with E-state index in [1.807, 2.05) is 30.0 Å². The molecule has 2 atom stereocenters. The number of carbonyl (C=O) groups is 1. The van der Waals surface area contributed by atoms with Crippen molar-refractivity contribution < 1.29 is 4.79 Å². The molecule has 0 fully saturated rings. The smallest absolute Gasteiger partial charge is 0.240 e. The maximum absolute atomic E-state index is 12.8. The number of thioether (sulfide) groups is 1. The number of hydrogen-bond donors (Lipinski definition) is 1. The van der Waals surface area contributed by atoms with Gasteiger partial charge in [-0.15, -0.1) is 10.2 Å². The minimum atomic E-state index is -0.217. The van der Waals surface area contributed by atoms with Crippen molar-refractivity contribution in [1.29, 1.82) is 0 Å². The van der Waals surface area contributed by atoms with Crippen LogP contribution in [0.25, 0.3) is 0 Å². The molecule has 0 bridgehead atoms. The number of amides is 1. The van der Waals surface area contributed by atoms with E-state index < -0.39 is 0 Å². The Hall–Kier alpha value is -1.60. The fourth-order valence-electron chi connectivity index (χ4n) is 2.57. The summed E-state index contributed by atoms with van der Waals surface area (Å²) in [6, 6.07) is 8.28. The van der Waals surface area contributed by atoms with Gasteiger partial charge in [-0.05, 0) is 31.9 Å². The van der Waals surface area contributed by atoms with Gasteiger partial charge in [-0.2, -0.15) is 0 Å². The van der Waals surface area contributed by atoms with E-state index in [1.54, 1.807) is 0 Å². The van der Waals surface area contributed by atoms with Crippen LogP contribution in [0.4, 0.5) is 10.8 Å². The van der Waals surface area contributed by atoms with Gasteiger partial charge >= 0.3 is 0 Å². The molecular weight excluding hydrogens is 304 g/mol. The molecule has 110 valence electrons. The van der Waals surface area contributed by atoms with E-state index in [0.717, 1.165) is 16.4 Å². The van der Waals surface area contributed by atoms with Gasteiger partial charge in [0.15, 0.2) is 4.34 Å². The number of anilines is 2. The average molecular weight is 320 g/mol. The highest BCUT2D eigenvalue weighted by molar-refractivity contribution is 8.02. The molecule has 0 aliphatic carbocycles. The molecule has 5 nitrogen and oxygen atoms in total. The van der Waals surface area contributed by atoms with E-state index in [4.69, 9.17) is 5.73 Å². The molecule has 2 aromatic rings. The summed E-state index contributed by atoms with van der Waals surface area (Å²) < 4.78 is 0.730. The number of benzene rings is 1. The second kappa shape index (κ2) is 5.65. The quantitative estimate of drug-likeness (QED) is 0.880. The van der Waals surface area contributed by atoms with Gasteiger partial charge in [0.2, 0.25) is 11.0 Å². The first kappa shape index (κ1) is 14.3. The van der Waals surface area contributed by atoms with E-state index >= 15 is 0 Å². The number of rotatable bonds is 3. The molecule has 0 unspecified atom stereocenters. The van der Waals surface area contributed by atoms with Crippen molar-refractivity contribution >= 4 is 39.8 Å². The Labute approximate surface area is 131 Å². The summed E-state index contributed by atoms with van der Waals surface area (Å²) in [4.78, 5) is 14.7. The summed E-state index contributed by atoms with van der Waals surface area (Å²) >= 11 is 2.72. The molecule has 1 aliphatic heterocycles. The van der Waals surface area contributed by atoms with Crippen LogP contribution < -0.4 is 10.6 Å². The van der Waals surface area contributed by atoms with Crippen LogP contribution >= 0.6 is 23.1 Å². The van der Waals surface area contributed by atoms with Gasteiger partial charge < -0.3 is 10.6 Å². The third-order valence-corrected chi connectivity index (χ3v) is 5.42. The summed E-state index contributed by atoms with van der Waals surface area (Å²) in [7, 11) is 0. The number of nitrogen functional groups attached to an aromatic ring is 1. The van der Waals surface area contributed by atoms with Gasteiger partial charge in [-0.3, -0.25) is 4.79 Å². The van der Waals surface area contributed by atoms with E-state index in [1.165, 1.54) is 28.7 Å². The molecule has 2 N–H and O–H groups in total. The van der Waals surface area contributed by atoms with Crippen molar-refractivity contribution in [3.8, 4) is 0 Å². The Morgan fingerprint density at radius 1 is 1.48 bits per heavy atom. The van der Waals surface area contributed by atoms with Crippen molar-refractivity contribution in [2.45, 2.75) is 35.9 Å². The number of para-hydroxylation sites is 1. The number of fused-ring (bicyclic) bond motifs is 1. The number of nitrogens with zero attached hydrogens (tertiary/aromatic N) is 3. The predicted octanol–water partition coefficient (Wildman–Crippen LogP) is 2.58. The number of nitrogens with two attached hydrogens (primary N) is 1. The summed E-state index contributed by atoms with van der Waals surface area (Å²) in [5, 5.41) is 7.95. The minimum Gasteiger partial charge on any atom is -0.374 e. The first-order valence-corrected chi connectivity index (χ1v) is 8.42. The average Bonchev–Trinajstić information content (AvgIpc) is 3.00. The lowest BCUT2D eigenvalue weighted by Gasteiger charge is -2.25. The highest BCUT2D eigenvalue weighted by atomic mass is 32.2. The number of aromatic nitrogens is 2. The van der Waals surface area contributed by atoms with Crippen LogP contribution in [0, 0.1) is 0 Å². The number of carbonyl (C=O) groups excluding carboxylic acids is 1. The highest BCUT2D eigenvalue weighted by Crippen LogP contribution is 2.35. The van der Waals surface area contributed by atoms with Crippen LogP contribution in [-0.2, 0) is 11.2 Å². The second-order valence-corrected chi connectivity index (χ2v) is 7.65. The van der Waals surface area contributed by atoms with Gasteiger partial charge in [0.1, 0.15) is 0 Å². The van der Waals surface area contributed by atoms with Gasteiger partial charge in [-0.1, -0.05) is 41.3 Å². The SMILES string of the molecule is C[C@H](Sc1nnc(N)s1)C(=O)N1c2ccccc2C[C@H]1C. The Morgan fingerprint density at radius 3 is 2.95 bits per heavy atom. The van der Waals surface area contributed by atoms with Crippen molar-refractivity contribution in [2.24, 2.45) is 0 Å². The molecule has 0 radical (unpaired) electrons. The zero-order valence-electron chi connectivity index (χ0n) is 11.8. The molecule has 0 saturated heterocycles. The Kier molecular flexibility index (Phi) is 3.86. The van der Waals surface area contributed by atoms with E-state index in [0.29, 0.717) is 5.13 Å². The summed E-state index contributed by atoms with van der Waals surface area (Å²) in [5.41, 5.74) is 7.83. The molecule has 1 aromatic heterocycles. The topological polar surface area (TPSA) is 72.1 Å². The highest BCUT2D eigenvalue weighted by Gasteiger charge is 2.33. The van der Waals surface area contributed by atoms with Crippen molar-refractivity contribution in [3.05, 3.63) is 29.8 Å². The van der Waals surface area contributed by atoms with E-state index in [2.05, 4.69) is 23.2 Å². The zero-order chi connectivity index (χ0) is 15.0. The van der Waals surface area contributed by atoms with Gasteiger partial charge in [-0.25, -0.2) is 0 Å². The largest absolute Gasteiger partial charge is 0.374 e. The summed E-state index contributed by atoms with van der Waals surface area (Å²) in [5.74, 6) is 0.103. The normalized spacial score (nSPS) is 18.6. The van der Waals surface area contributed by atoms with Crippen LogP contribution in [-0.4, -0.2) is 27.4 Å². The molecule has 1 aliphatic rings. The zero-order valence-corrected chi connectivity index (χ0v) is 13.4. The van der Waals surface area contributed by atoms with Gasteiger partial charge in [0.05, 0.1) is 5.25 Å². The molecule has 1 aromatic carbocycles. The molecular formula is C14H16N4OS2.